The van der Waals surface area contributed by atoms with Gasteiger partial charge in [0.05, 0.1) is 23.7 Å². The summed E-state index contributed by atoms with van der Waals surface area (Å²) in [6, 6.07) is 7.65. The minimum atomic E-state index is -0.516. The maximum Gasteiger partial charge on any atom is 0.253 e. The van der Waals surface area contributed by atoms with Gasteiger partial charge in [0.15, 0.2) is 0 Å². The first kappa shape index (κ1) is 18.7. The number of benzene rings is 1. The van der Waals surface area contributed by atoms with Crippen molar-refractivity contribution >= 4 is 46.6 Å². The molecule has 2 rings (SSSR count). The third-order valence-electron chi connectivity index (χ3n) is 3.00. The Morgan fingerprint density at radius 3 is 2.28 bits per heavy atom. The highest BCUT2D eigenvalue weighted by atomic mass is 35.5. The molecule has 130 valence electrons. The van der Waals surface area contributed by atoms with E-state index >= 15 is 0 Å². The first-order valence-corrected chi connectivity index (χ1v) is 7.91. The molecule has 0 aliphatic heterocycles. The number of nitrogens with one attached hydrogen (secondary N) is 3. The number of nitrogens with zero attached hydrogens (tertiary/aromatic N) is 1. The van der Waals surface area contributed by atoms with Gasteiger partial charge in [-0.25, -0.2) is 0 Å². The van der Waals surface area contributed by atoms with Crippen molar-refractivity contribution in [1.29, 1.82) is 0 Å². The van der Waals surface area contributed by atoms with Crippen LogP contribution in [0.3, 0.4) is 0 Å². The minimum Gasteiger partial charge on any atom is -0.345 e. The van der Waals surface area contributed by atoms with Crippen molar-refractivity contribution in [3.63, 3.8) is 0 Å². The predicted molar refractivity (Wildman–Crippen MR) is 94.7 cm³/mol. The number of amides is 3. The molecule has 0 aliphatic carbocycles. The van der Waals surface area contributed by atoms with Crippen LogP contribution in [0.5, 0.6) is 0 Å². The van der Waals surface area contributed by atoms with E-state index in [9.17, 15) is 14.4 Å². The lowest BCUT2D eigenvalue weighted by molar-refractivity contribution is -0.123. The van der Waals surface area contributed by atoms with Crippen molar-refractivity contribution in [2.45, 2.75) is 0 Å². The van der Waals surface area contributed by atoms with Gasteiger partial charge in [-0.15, -0.1) is 0 Å². The molecule has 7 nitrogen and oxygen atoms in total. The Kier molecular flexibility index (Phi) is 6.73. The maximum atomic E-state index is 12.0. The lowest BCUT2D eigenvalue weighted by Gasteiger charge is -2.08. The highest BCUT2D eigenvalue weighted by Crippen LogP contribution is 2.20. The van der Waals surface area contributed by atoms with E-state index in [-0.39, 0.29) is 23.7 Å². The first-order chi connectivity index (χ1) is 12.0. The second-order valence-electron chi connectivity index (χ2n) is 4.87. The minimum absolute atomic E-state index is 0.183. The van der Waals surface area contributed by atoms with Crippen LogP contribution in [-0.2, 0) is 9.59 Å². The lowest BCUT2D eigenvalue weighted by atomic mass is 10.2. The molecule has 25 heavy (non-hydrogen) atoms. The second kappa shape index (κ2) is 9.00. The molecule has 3 amide bonds. The molecule has 9 heteroatoms. The molecule has 1 aromatic heterocycles. The van der Waals surface area contributed by atoms with Crippen molar-refractivity contribution < 1.29 is 14.4 Å². The zero-order valence-electron chi connectivity index (χ0n) is 12.9. The zero-order valence-corrected chi connectivity index (χ0v) is 14.4. The van der Waals surface area contributed by atoms with Gasteiger partial charge >= 0.3 is 0 Å². The molecule has 1 aromatic carbocycles. The number of halogens is 2. The van der Waals surface area contributed by atoms with E-state index in [0.29, 0.717) is 10.7 Å². The fourth-order valence-electron chi connectivity index (χ4n) is 1.81. The molecule has 0 fully saturated rings. The number of carbonyl (C=O) groups excluding carboxylic acids is 3. The van der Waals surface area contributed by atoms with Gasteiger partial charge in [0.25, 0.3) is 5.91 Å². The van der Waals surface area contributed by atoms with Crippen molar-refractivity contribution in [2.24, 2.45) is 0 Å². The highest BCUT2D eigenvalue weighted by molar-refractivity contribution is 6.36. The normalized spacial score (nSPS) is 10.0. The van der Waals surface area contributed by atoms with E-state index in [1.807, 2.05) is 0 Å². The standard InChI is InChI=1S/C16H14Cl2N4O3/c17-10-1-2-12(13(18)7-10)16(25)21-8-14(23)20-9-15(24)22-11-3-5-19-6-4-11/h1-7H,8-9H2,(H,20,23)(H,21,25)(H,19,22,24). The molecule has 0 saturated carbocycles. The van der Waals surface area contributed by atoms with E-state index in [1.54, 1.807) is 12.1 Å². The smallest absolute Gasteiger partial charge is 0.253 e. The molecule has 0 aliphatic rings. The number of aromatic nitrogens is 1. The summed E-state index contributed by atoms with van der Waals surface area (Å²) >= 11 is 11.7. The Balaban J connectivity index is 1.75. The van der Waals surface area contributed by atoms with Gasteiger partial charge in [0.1, 0.15) is 0 Å². The van der Waals surface area contributed by atoms with E-state index in [1.165, 1.54) is 30.6 Å². The van der Waals surface area contributed by atoms with Crippen LogP contribution in [0, 0.1) is 0 Å². The number of pyridine rings is 1. The molecule has 0 bridgehead atoms. The molecule has 2 aromatic rings. The van der Waals surface area contributed by atoms with Gasteiger partial charge in [0.2, 0.25) is 11.8 Å². The fraction of sp³-hybridized carbons (Fsp3) is 0.125. The monoisotopic (exact) mass is 380 g/mol. The van der Waals surface area contributed by atoms with E-state index in [2.05, 4.69) is 20.9 Å². The Labute approximate surface area is 153 Å². The van der Waals surface area contributed by atoms with Crippen LogP contribution in [0.25, 0.3) is 0 Å². The molecule has 0 atom stereocenters. The summed E-state index contributed by atoms with van der Waals surface area (Å²) in [5.41, 5.74) is 0.772. The molecular formula is C16H14Cl2N4O3. The molecular weight excluding hydrogens is 367 g/mol. The summed E-state index contributed by atoms with van der Waals surface area (Å²) in [6.07, 6.45) is 3.07. The van der Waals surface area contributed by atoms with Gasteiger partial charge in [0, 0.05) is 23.1 Å². The second-order valence-corrected chi connectivity index (χ2v) is 5.71. The SMILES string of the molecule is O=C(CNC(=O)c1ccc(Cl)cc1Cl)NCC(=O)Nc1ccncc1. The zero-order chi connectivity index (χ0) is 18.2. The lowest BCUT2D eigenvalue weighted by Crippen LogP contribution is -2.40. The van der Waals surface area contributed by atoms with Crippen molar-refractivity contribution in [1.82, 2.24) is 15.6 Å². The first-order valence-electron chi connectivity index (χ1n) is 7.15. The van der Waals surface area contributed by atoms with Gasteiger partial charge in [-0.05, 0) is 30.3 Å². The van der Waals surface area contributed by atoms with Crippen LogP contribution in [0.1, 0.15) is 10.4 Å². The average molecular weight is 381 g/mol. The van der Waals surface area contributed by atoms with Gasteiger partial charge in [-0.2, -0.15) is 0 Å². The summed E-state index contributed by atoms with van der Waals surface area (Å²) in [5.74, 6) is -1.42. The number of hydrogen-bond donors (Lipinski definition) is 3. The summed E-state index contributed by atoms with van der Waals surface area (Å²) in [6.45, 7) is -0.515. The third-order valence-corrected chi connectivity index (χ3v) is 3.54. The summed E-state index contributed by atoms with van der Waals surface area (Å²) < 4.78 is 0. The quantitative estimate of drug-likeness (QED) is 0.711. The average Bonchev–Trinajstić information content (AvgIpc) is 2.58. The highest BCUT2D eigenvalue weighted by Gasteiger charge is 2.12. The maximum absolute atomic E-state index is 12.0. The Bertz CT molecular complexity index is 784. The third kappa shape index (κ3) is 6.06. The topological polar surface area (TPSA) is 100 Å². The molecule has 1 heterocycles. The number of hydrogen-bond acceptors (Lipinski definition) is 4. The largest absolute Gasteiger partial charge is 0.345 e. The van der Waals surface area contributed by atoms with Crippen molar-refractivity contribution in [3.05, 3.63) is 58.3 Å². The van der Waals surface area contributed by atoms with Crippen LogP contribution in [-0.4, -0.2) is 35.8 Å². The molecule has 3 N–H and O–H groups in total. The summed E-state index contributed by atoms with van der Waals surface area (Å²) in [5, 5.41) is 7.99. The van der Waals surface area contributed by atoms with Crippen LogP contribution in [0.4, 0.5) is 5.69 Å². The molecule has 0 spiro atoms. The molecule has 0 saturated heterocycles. The van der Waals surface area contributed by atoms with E-state index in [4.69, 9.17) is 23.2 Å². The van der Waals surface area contributed by atoms with Crippen molar-refractivity contribution in [3.8, 4) is 0 Å². The van der Waals surface area contributed by atoms with E-state index < -0.39 is 17.7 Å². The van der Waals surface area contributed by atoms with Crippen LogP contribution >= 0.6 is 23.2 Å². The van der Waals surface area contributed by atoms with Crippen molar-refractivity contribution in [2.75, 3.05) is 18.4 Å². The Morgan fingerprint density at radius 2 is 1.60 bits per heavy atom. The summed E-state index contributed by atoms with van der Waals surface area (Å²) in [4.78, 5) is 39.2. The van der Waals surface area contributed by atoms with Gasteiger partial charge < -0.3 is 16.0 Å². The van der Waals surface area contributed by atoms with Crippen LogP contribution in [0.15, 0.2) is 42.7 Å². The number of carbonyl (C=O) groups is 3. The molecule has 0 unspecified atom stereocenters. The number of rotatable bonds is 6. The van der Waals surface area contributed by atoms with Crippen LogP contribution in [0.2, 0.25) is 10.0 Å². The van der Waals surface area contributed by atoms with Crippen LogP contribution < -0.4 is 16.0 Å². The van der Waals surface area contributed by atoms with Gasteiger partial charge in [-0.3, -0.25) is 19.4 Å². The van der Waals surface area contributed by atoms with E-state index in [0.717, 1.165) is 0 Å². The summed E-state index contributed by atoms with van der Waals surface area (Å²) in [7, 11) is 0. The van der Waals surface area contributed by atoms with Gasteiger partial charge in [-0.1, -0.05) is 23.2 Å². The molecule has 0 radical (unpaired) electrons. The number of anilines is 1. The predicted octanol–water partition coefficient (Wildman–Crippen LogP) is 1.87. The Morgan fingerprint density at radius 1 is 0.920 bits per heavy atom. The Hall–Kier alpha value is -2.64. The fourth-order valence-corrected chi connectivity index (χ4v) is 2.31.